The number of aryl methyl sites for hydroxylation is 1. The zero-order chi connectivity index (χ0) is 16.5. The molecule has 1 unspecified atom stereocenters. The van der Waals surface area contributed by atoms with E-state index in [2.05, 4.69) is 35.4 Å². The van der Waals surface area contributed by atoms with E-state index < -0.39 is 0 Å². The van der Waals surface area contributed by atoms with Crippen molar-refractivity contribution in [1.82, 2.24) is 15.5 Å². The highest BCUT2D eigenvalue weighted by molar-refractivity contribution is 5.79. The first-order valence-corrected chi connectivity index (χ1v) is 8.65. The largest absolute Gasteiger partial charge is 0.465 e. The molecule has 23 heavy (non-hydrogen) atoms. The minimum Gasteiger partial charge on any atom is -0.465 e. The molecule has 2 N–H and O–H groups in total. The molecular formula is C17H30N4O2. The van der Waals surface area contributed by atoms with E-state index in [1.165, 1.54) is 0 Å². The lowest BCUT2D eigenvalue weighted by atomic mass is 10.1. The molecule has 130 valence electrons. The molecular weight excluding hydrogens is 292 g/mol. The summed E-state index contributed by atoms with van der Waals surface area (Å²) in [6.45, 7) is 12.0. The summed E-state index contributed by atoms with van der Waals surface area (Å²) < 4.78 is 11.4. The van der Waals surface area contributed by atoms with Crippen LogP contribution < -0.4 is 10.6 Å². The Bertz CT molecular complexity index is 481. The van der Waals surface area contributed by atoms with Crippen LogP contribution in [-0.2, 0) is 4.74 Å². The number of hydrogen-bond donors (Lipinski definition) is 2. The molecule has 0 spiro atoms. The Morgan fingerprint density at radius 1 is 1.26 bits per heavy atom. The molecule has 2 heterocycles. The van der Waals surface area contributed by atoms with Crippen LogP contribution in [0.5, 0.6) is 0 Å². The second-order valence-corrected chi connectivity index (χ2v) is 5.76. The number of guanidine groups is 1. The zero-order valence-corrected chi connectivity index (χ0v) is 14.6. The van der Waals surface area contributed by atoms with Crippen molar-refractivity contribution in [3.63, 3.8) is 0 Å². The molecule has 1 aromatic rings. The average Bonchev–Trinajstić information content (AvgIpc) is 3.00. The quantitative estimate of drug-likeness (QED) is 0.593. The van der Waals surface area contributed by atoms with Gasteiger partial charge >= 0.3 is 0 Å². The summed E-state index contributed by atoms with van der Waals surface area (Å²) in [7, 11) is 0. The minimum absolute atomic E-state index is 0.157. The summed E-state index contributed by atoms with van der Waals surface area (Å²) in [5.41, 5.74) is 0. The van der Waals surface area contributed by atoms with Gasteiger partial charge in [0.25, 0.3) is 0 Å². The topological polar surface area (TPSA) is 62.0 Å². The van der Waals surface area contributed by atoms with Gasteiger partial charge in [-0.3, -0.25) is 9.89 Å². The number of rotatable bonds is 7. The van der Waals surface area contributed by atoms with Crippen molar-refractivity contribution in [2.24, 2.45) is 4.99 Å². The van der Waals surface area contributed by atoms with Gasteiger partial charge in [-0.05, 0) is 32.4 Å². The number of hydrogen-bond acceptors (Lipinski definition) is 4. The Kier molecular flexibility index (Phi) is 7.42. The van der Waals surface area contributed by atoms with Gasteiger partial charge in [0, 0.05) is 26.2 Å². The molecule has 6 heteroatoms. The molecule has 1 atom stereocenters. The van der Waals surface area contributed by atoms with E-state index in [9.17, 15) is 0 Å². The minimum atomic E-state index is 0.157. The third kappa shape index (κ3) is 5.55. The van der Waals surface area contributed by atoms with Crippen LogP contribution in [0.2, 0.25) is 0 Å². The molecule has 0 bridgehead atoms. The van der Waals surface area contributed by atoms with Crippen LogP contribution in [0.4, 0.5) is 0 Å². The highest BCUT2D eigenvalue weighted by Gasteiger charge is 2.25. The summed E-state index contributed by atoms with van der Waals surface area (Å²) in [5, 5.41) is 6.65. The standard InChI is InChI=1S/C17H30N4O2/c1-4-8-19-17(18-5-2)20-13-15(16-7-6-14(3)23-16)21-9-11-22-12-10-21/h6-7,15H,4-5,8-13H2,1-3H3,(H2,18,19,20). The monoisotopic (exact) mass is 322 g/mol. The summed E-state index contributed by atoms with van der Waals surface area (Å²) in [6, 6.07) is 4.24. The number of nitrogens with one attached hydrogen (secondary N) is 2. The first-order chi connectivity index (χ1) is 11.2. The van der Waals surface area contributed by atoms with Crippen LogP contribution >= 0.6 is 0 Å². The second-order valence-electron chi connectivity index (χ2n) is 5.76. The molecule has 0 saturated carbocycles. The molecule has 1 saturated heterocycles. The van der Waals surface area contributed by atoms with Gasteiger partial charge < -0.3 is 19.8 Å². The molecule has 0 aliphatic carbocycles. The fourth-order valence-corrected chi connectivity index (χ4v) is 2.67. The summed E-state index contributed by atoms with van der Waals surface area (Å²) in [5.74, 6) is 2.80. The fraction of sp³-hybridized carbons (Fsp3) is 0.706. The number of morpholine rings is 1. The molecule has 1 aromatic heterocycles. The highest BCUT2D eigenvalue weighted by Crippen LogP contribution is 2.24. The van der Waals surface area contributed by atoms with Gasteiger partial charge in [0.15, 0.2) is 5.96 Å². The summed E-state index contributed by atoms with van der Waals surface area (Å²) in [6.07, 6.45) is 1.08. The van der Waals surface area contributed by atoms with E-state index in [1.807, 2.05) is 13.0 Å². The predicted octanol–water partition coefficient (Wildman–Crippen LogP) is 1.93. The lowest BCUT2D eigenvalue weighted by Crippen LogP contribution is -2.41. The molecule has 1 aliphatic heterocycles. The van der Waals surface area contributed by atoms with Crippen LogP contribution in [-0.4, -0.2) is 56.8 Å². The SMILES string of the molecule is CCCNC(=NCC(c1ccc(C)o1)N1CCOCC1)NCC. The van der Waals surface area contributed by atoms with E-state index in [0.717, 1.165) is 63.3 Å². The zero-order valence-electron chi connectivity index (χ0n) is 14.6. The molecule has 2 rings (SSSR count). The molecule has 1 aliphatic rings. The second kappa shape index (κ2) is 9.57. The maximum Gasteiger partial charge on any atom is 0.191 e. The van der Waals surface area contributed by atoms with Crippen LogP contribution in [0.1, 0.15) is 37.8 Å². The highest BCUT2D eigenvalue weighted by atomic mass is 16.5. The van der Waals surface area contributed by atoms with Crippen molar-refractivity contribution in [1.29, 1.82) is 0 Å². The van der Waals surface area contributed by atoms with Crippen molar-refractivity contribution >= 4 is 5.96 Å². The number of aliphatic imine (C=N–C) groups is 1. The molecule has 0 amide bonds. The van der Waals surface area contributed by atoms with Crippen LogP contribution in [0.25, 0.3) is 0 Å². The Morgan fingerprint density at radius 3 is 2.65 bits per heavy atom. The fourth-order valence-electron chi connectivity index (χ4n) is 2.67. The van der Waals surface area contributed by atoms with E-state index in [4.69, 9.17) is 14.1 Å². The molecule has 6 nitrogen and oxygen atoms in total. The van der Waals surface area contributed by atoms with E-state index in [0.29, 0.717) is 6.54 Å². The number of furan rings is 1. The van der Waals surface area contributed by atoms with Crippen molar-refractivity contribution in [3.05, 3.63) is 23.7 Å². The lowest BCUT2D eigenvalue weighted by molar-refractivity contribution is 0.0135. The van der Waals surface area contributed by atoms with Crippen LogP contribution in [0, 0.1) is 6.92 Å². The summed E-state index contributed by atoms with van der Waals surface area (Å²) >= 11 is 0. The van der Waals surface area contributed by atoms with E-state index in [-0.39, 0.29) is 6.04 Å². The third-order valence-electron chi connectivity index (χ3n) is 3.89. The van der Waals surface area contributed by atoms with Crippen molar-refractivity contribution in [2.75, 3.05) is 45.9 Å². The van der Waals surface area contributed by atoms with Gasteiger partial charge in [-0.2, -0.15) is 0 Å². The van der Waals surface area contributed by atoms with Gasteiger partial charge in [-0.15, -0.1) is 0 Å². The van der Waals surface area contributed by atoms with Crippen LogP contribution in [0.15, 0.2) is 21.5 Å². The molecule has 1 fully saturated rings. The number of ether oxygens (including phenoxy) is 1. The van der Waals surface area contributed by atoms with Gasteiger partial charge in [-0.1, -0.05) is 6.92 Å². The van der Waals surface area contributed by atoms with Crippen molar-refractivity contribution in [3.8, 4) is 0 Å². The Balaban J connectivity index is 2.09. The van der Waals surface area contributed by atoms with Gasteiger partial charge in [0.2, 0.25) is 0 Å². The van der Waals surface area contributed by atoms with E-state index >= 15 is 0 Å². The Hall–Kier alpha value is -1.53. The van der Waals surface area contributed by atoms with Gasteiger partial charge in [0.05, 0.1) is 25.8 Å². The van der Waals surface area contributed by atoms with Gasteiger partial charge in [0.1, 0.15) is 11.5 Å². The summed E-state index contributed by atoms with van der Waals surface area (Å²) in [4.78, 5) is 7.16. The van der Waals surface area contributed by atoms with Crippen LogP contribution in [0.3, 0.4) is 0 Å². The van der Waals surface area contributed by atoms with Crippen molar-refractivity contribution in [2.45, 2.75) is 33.2 Å². The third-order valence-corrected chi connectivity index (χ3v) is 3.89. The number of nitrogens with zero attached hydrogens (tertiary/aromatic N) is 2. The normalized spacial score (nSPS) is 18.0. The molecule has 0 aromatic carbocycles. The lowest BCUT2D eigenvalue weighted by Gasteiger charge is -2.32. The predicted molar refractivity (Wildman–Crippen MR) is 92.9 cm³/mol. The Labute approximate surface area is 139 Å². The maximum atomic E-state index is 5.88. The van der Waals surface area contributed by atoms with Crippen molar-refractivity contribution < 1.29 is 9.15 Å². The average molecular weight is 322 g/mol. The first kappa shape index (κ1) is 17.8. The smallest absolute Gasteiger partial charge is 0.191 e. The van der Waals surface area contributed by atoms with E-state index in [1.54, 1.807) is 0 Å². The Morgan fingerprint density at radius 2 is 2.04 bits per heavy atom. The maximum absolute atomic E-state index is 5.88. The van der Waals surface area contributed by atoms with Gasteiger partial charge in [-0.25, -0.2) is 0 Å². The first-order valence-electron chi connectivity index (χ1n) is 8.65. The molecule has 0 radical (unpaired) electrons.